The molecule has 2 amide bonds. The summed E-state index contributed by atoms with van der Waals surface area (Å²) in [4.78, 5) is 49.6. The number of carbonyl (C=O) groups excluding carboxylic acids is 4. The summed E-state index contributed by atoms with van der Waals surface area (Å²) in [7, 11) is 0. The van der Waals surface area contributed by atoms with Crippen LogP contribution in [0.4, 0.5) is 0 Å². The van der Waals surface area contributed by atoms with Gasteiger partial charge < -0.3 is 30.2 Å². The van der Waals surface area contributed by atoms with Gasteiger partial charge in [-0.1, -0.05) is 34.3 Å². The van der Waals surface area contributed by atoms with Gasteiger partial charge in [0.2, 0.25) is 12.8 Å². The molecule has 0 fully saturated rings. The van der Waals surface area contributed by atoms with Crippen molar-refractivity contribution in [2.24, 2.45) is 0 Å². The number of aromatic hydroxyl groups is 4. The van der Waals surface area contributed by atoms with Gasteiger partial charge in [0.15, 0.2) is 23.0 Å². The van der Waals surface area contributed by atoms with Gasteiger partial charge in [0, 0.05) is 61.0 Å². The minimum atomic E-state index is -0.266. The summed E-state index contributed by atoms with van der Waals surface area (Å²) in [5.41, 5.74) is 5.92. The van der Waals surface area contributed by atoms with Crippen molar-refractivity contribution in [2.75, 3.05) is 13.1 Å². The van der Waals surface area contributed by atoms with Gasteiger partial charge in [-0.2, -0.15) is 0 Å². The summed E-state index contributed by atoms with van der Waals surface area (Å²) in [6.07, 6.45) is 7.38. The smallest absolute Gasteiger partial charge is 0.210 e. The maximum atomic E-state index is 11.7. The van der Waals surface area contributed by atoms with E-state index < -0.39 is 0 Å². The molecule has 0 saturated carbocycles. The summed E-state index contributed by atoms with van der Waals surface area (Å²) in [5.74, 6) is -0.489. The first kappa shape index (κ1) is 33.3. The SMILES string of the molecule is O=CN1CCC2=C(CCC(=O)C2)C1Cc1cc(O)c(O)cc1Cl.O=CN1CCC2=C(CCC(=O)C2)[C@H]1Cc1cc(O)c(O)cc1Cl. The zero-order valence-electron chi connectivity index (χ0n) is 25.2. The minimum absolute atomic E-state index is 0.147. The van der Waals surface area contributed by atoms with E-state index in [1.807, 2.05) is 0 Å². The Morgan fingerprint density at radius 1 is 0.609 bits per heavy atom. The molecule has 2 aliphatic carbocycles. The number of hydrogen-bond donors (Lipinski definition) is 4. The van der Waals surface area contributed by atoms with Gasteiger partial charge in [-0.25, -0.2) is 0 Å². The topological polar surface area (TPSA) is 156 Å². The molecule has 46 heavy (non-hydrogen) atoms. The van der Waals surface area contributed by atoms with E-state index in [9.17, 15) is 39.6 Å². The molecule has 12 heteroatoms. The van der Waals surface area contributed by atoms with Gasteiger partial charge >= 0.3 is 0 Å². The molecule has 0 radical (unpaired) electrons. The van der Waals surface area contributed by atoms with E-state index in [4.69, 9.17) is 23.2 Å². The lowest BCUT2D eigenvalue weighted by molar-refractivity contribution is -0.121. The number of carbonyl (C=O) groups is 4. The van der Waals surface area contributed by atoms with Crippen LogP contribution in [0.1, 0.15) is 62.5 Å². The first-order valence-electron chi connectivity index (χ1n) is 15.3. The number of nitrogens with zero attached hydrogens (tertiary/aromatic N) is 2. The Morgan fingerprint density at radius 2 is 0.978 bits per heavy atom. The number of amides is 2. The Balaban J connectivity index is 0.000000181. The molecule has 2 aromatic carbocycles. The van der Waals surface area contributed by atoms with Crippen molar-refractivity contribution >= 4 is 47.6 Å². The third-order valence-electron chi connectivity index (χ3n) is 9.41. The number of ketones is 2. The van der Waals surface area contributed by atoms with Gasteiger partial charge in [-0.15, -0.1) is 0 Å². The lowest BCUT2D eigenvalue weighted by Crippen LogP contribution is -2.43. The van der Waals surface area contributed by atoms with E-state index >= 15 is 0 Å². The number of benzene rings is 2. The van der Waals surface area contributed by atoms with Crippen LogP contribution in [0, 0.1) is 0 Å². The van der Waals surface area contributed by atoms with Crippen molar-refractivity contribution in [1.29, 1.82) is 0 Å². The van der Waals surface area contributed by atoms with Crippen LogP contribution in [0.15, 0.2) is 46.6 Å². The van der Waals surface area contributed by atoms with Crippen LogP contribution in [0.3, 0.4) is 0 Å². The summed E-state index contributed by atoms with van der Waals surface area (Å²) < 4.78 is 0. The number of hydrogen-bond acceptors (Lipinski definition) is 8. The van der Waals surface area contributed by atoms with Crippen LogP contribution in [-0.4, -0.2) is 79.8 Å². The Kier molecular flexibility index (Phi) is 10.3. The molecule has 4 aliphatic rings. The monoisotopic (exact) mass is 670 g/mol. The molecule has 0 aromatic heterocycles. The van der Waals surface area contributed by atoms with Gasteiger partial charge in [0.1, 0.15) is 11.6 Å². The standard InChI is InChI=1S/2C17H18ClNO4/c2*18-14-8-17(23)16(22)7-11(14)6-15-13-2-1-12(21)5-10(13)3-4-19(15)9-20/h2*7-9,15,22-23H,1-6H2/t15-;/m1./s1. The molecular formula is C34H36Cl2N2O8. The lowest BCUT2D eigenvalue weighted by atomic mass is 9.80. The first-order valence-corrected chi connectivity index (χ1v) is 16.0. The molecule has 6 rings (SSSR count). The number of phenols is 4. The van der Waals surface area contributed by atoms with Crippen molar-refractivity contribution in [2.45, 2.75) is 76.3 Å². The predicted octanol–water partition coefficient (Wildman–Crippen LogP) is 5.15. The van der Waals surface area contributed by atoms with E-state index in [1.54, 1.807) is 9.80 Å². The zero-order valence-corrected chi connectivity index (χ0v) is 26.7. The van der Waals surface area contributed by atoms with Crippen molar-refractivity contribution < 1.29 is 39.6 Å². The van der Waals surface area contributed by atoms with Crippen molar-refractivity contribution in [3.8, 4) is 23.0 Å². The zero-order chi connectivity index (χ0) is 33.1. The van der Waals surface area contributed by atoms with Gasteiger partial charge in [-0.05, 0) is 72.9 Å². The second-order valence-corrected chi connectivity index (χ2v) is 13.0. The maximum absolute atomic E-state index is 11.7. The Bertz CT molecular complexity index is 1520. The molecule has 0 saturated heterocycles. The molecular weight excluding hydrogens is 635 g/mol. The van der Waals surface area contributed by atoms with E-state index in [0.29, 0.717) is 85.6 Å². The Hall–Kier alpha value is -4.02. The third-order valence-corrected chi connectivity index (χ3v) is 10.1. The highest BCUT2D eigenvalue weighted by molar-refractivity contribution is 6.32. The molecule has 244 valence electrons. The molecule has 10 nitrogen and oxygen atoms in total. The van der Waals surface area contributed by atoms with Crippen LogP contribution >= 0.6 is 23.2 Å². The van der Waals surface area contributed by atoms with E-state index in [0.717, 1.165) is 48.0 Å². The predicted molar refractivity (Wildman–Crippen MR) is 171 cm³/mol. The summed E-state index contributed by atoms with van der Waals surface area (Å²) in [6.45, 7) is 1.17. The van der Waals surface area contributed by atoms with Gasteiger partial charge in [-0.3, -0.25) is 19.2 Å². The van der Waals surface area contributed by atoms with Crippen LogP contribution in [0.5, 0.6) is 23.0 Å². The highest BCUT2D eigenvalue weighted by Crippen LogP contribution is 2.39. The van der Waals surface area contributed by atoms with Crippen molar-refractivity contribution in [1.82, 2.24) is 9.80 Å². The maximum Gasteiger partial charge on any atom is 0.210 e. The summed E-state index contributed by atoms with van der Waals surface area (Å²) in [5, 5.41) is 39.1. The molecule has 0 spiro atoms. The molecule has 1 unspecified atom stereocenters. The molecule has 2 heterocycles. The van der Waals surface area contributed by atoms with Gasteiger partial charge in [0.05, 0.1) is 12.1 Å². The largest absolute Gasteiger partial charge is 0.504 e. The summed E-state index contributed by atoms with van der Waals surface area (Å²) in [6, 6.07) is 5.18. The molecule has 2 aliphatic heterocycles. The highest BCUT2D eigenvalue weighted by Gasteiger charge is 2.34. The Labute approximate surface area is 276 Å². The highest BCUT2D eigenvalue weighted by atomic mass is 35.5. The molecule has 0 bridgehead atoms. The number of halogens is 2. The van der Waals surface area contributed by atoms with Gasteiger partial charge in [0.25, 0.3) is 0 Å². The van der Waals surface area contributed by atoms with Crippen molar-refractivity contribution in [3.05, 3.63) is 67.7 Å². The molecule has 4 N–H and O–H groups in total. The first-order chi connectivity index (χ1) is 22.0. The summed E-state index contributed by atoms with van der Waals surface area (Å²) >= 11 is 12.3. The quantitative estimate of drug-likeness (QED) is 0.187. The number of Topliss-reactive ketones (excluding diaryl/α,β-unsaturated/α-hetero) is 2. The fraction of sp³-hybridized carbons (Fsp3) is 0.412. The fourth-order valence-corrected chi connectivity index (χ4v) is 7.45. The van der Waals surface area contributed by atoms with Crippen LogP contribution < -0.4 is 0 Å². The van der Waals surface area contributed by atoms with Crippen LogP contribution in [-0.2, 0) is 32.0 Å². The minimum Gasteiger partial charge on any atom is -0.504 e. The fourth-order valence-electron chi connectivity index (χ4n) is 6.98. The second kappa shape index (κ2) is 14.2. The Morgan fingerprint density at radius 3 is 1.35 bits per heavy atom. The molecule has 2 atom stereocenters. The van der Waals surface area contributed by atoms with Crippen LogP contribution in [0.25, 0.3) is 0 Å². The van der Waals surface area contributed by atoms with E-state index in [2.05, 4.69) is 0 Å². The number of phenolic OH excluding ortho intramolecular Hbond substituents is 4. The molecule has 2 aromatic rings. The van der Waals surface area contributed by atoms with E-state index in [-0.39, 0.29) is 46.6 Å². The normalized spacial score (nSPS) is 21.3. The lowest BCUT2D eigenvalue weighted by Gasteiger charge is -2.39. The third kappa shape index (κ3) is 7.18. The van der Waals surface area contributed by atoms with Crippen molar-refractivity contribution in [3.63, 3.8) is 0 Å². The second-order valence-electron chi connectivity index (χ2n) is 12.2. The average Bonchev–Trinajstić information content (AvgIpc) is 3.02. The van der Waals surface area contributed by atoms with E-state index in [1.165, 1.54) is 24.3 Å². The van der Waals surface area contributed by atoms with Crippen LogP contribution in [0.2, 0.25) is 10.0 Å². The number of rotatable bonds is 6. The average molecular weight is 672 g/mol.